The highest BCUT2D eigenvalue weighted by Gasteiger charge is 2.12. The zero-order valence-electron chi connectivity index (χ0n) is 9.87. The Morgan fingerprint density at radius 1 is 1.17 bits per heavy atom. The Morgan fingerprint density at radius 3 is 2.83 bits per heavy atom. The van der Waals surface area contributed by atoms with E-state index in [1.807, 2.05) is 24.3 Å². The molecule has 1 aromatic carbocycles. The number of aromatic nitrogens is 3. The van der Waals surface area contributed by atoms with Gasteiger partial charge in [-0.3, -0.25) is 0 Å². The van der Waals surface area contributed by atoms with E-state index in [9.17, 15) is 0 Å². The van der Waals surface area contributed by atoms with Crippen LogP contribution in [0.4, 0.5) is 5.82 Å². The van der Waals surface area contributed by atoms with Gasteiger partial charge in [-0.15, -0.1) is 0 Å². The predicted molar refractivity (Wildman–Crippen MR) is 69.4 cm³/mol. The van der Waals surface area contributed by atoms with E-state index in [4.69, 9.17) is 10.5 Å². The van der Waals surface area contributed by atoms with Crippen molar-refractivity contribution in [3.63, 3.8) is 0 Å². The number of ether oxygens (including phenoxy) is 1. The first-order valence-corrected chi connectivity index (χ1v) is 5.53. The summed E-state index contributed by atoms with van der Waals surface area (Å²) in [5.74, 6) is 1.26. The van der Waals surface area contributed by atoms with Crippen LogP contribution >= 0.6 is 0 Å². The van der Waals surface area contributed by atoms with Gasteiger partial charge in [-0.25, -0.2) is 9.50 Å². The summed E-state index contributed by atoms with van der Waals surface area (Å²) in [6, 6.07) is 9.47. The van der Waals surface area contributed by atoms with E-state index < -0.39 is 0 Å². The molecule has 0 saturated heterocycles. The molecule has 5 heteroatoms. The van der Waals surface area contributed by atoms with Gasteiger partial charge in [-0.2, -0.15) is 5.10 Å². The lowest BCUT2D eigenvalue weighted by atomic mass is 10.1. The van der Waals surface area contributed by atoms with Crippen molar-refractivity contribution in [1.29, 1.82) is 0 Å². The zero-order chi connectivity index (χ0) is 12.5. The third-order valence-corrected chi connectivity index (χ3v) is 2.79. The van der Waals surface area contributed by atoms with Crippen LogP contribution in [-0.2, 0) is 0 Å². The number of anilines is 1. The van der Waals surface area contributed by atoms with Crippen LogP contribution in [0.15, 0.2) is 42.7 Å². The summed E-state index contributed by atoms with van der Waals surface area (Å²) in [4.78, 5) is 4.31. The number of hydrogen-bond donors (Lipinski definition) is 1. The number of nitrogen functional groups attached to an aromatic ring is 1. The van der Waals surface area contributed by atoms with Crippen molar-refractivity contribution in [1.82, 2.24) is 14.6 Å². The summed E-state index contributed by atoms with van der Waals surface area (Å²) < 4.78 is 7.04. The Kier molecular flexibility index (Phi) is 2.37. The van der Waals surface area contributed by atoms with Crippen molar-refractivity contribution >= 4 is 11.5 Å². The fraction of sp³-hybridized carbons (Fsp3) is 0.0769. The summed E-state index contributed by atoms with van der Waals surface area (Å²) in [6.07, 6.45) is 3.55. The van der Waals surface area contributed by atoms with E-state index in [0.29, 0.717) is 5.82 Å². The molecule has 90 valence electrons. The average molecular weight is 240 g/mol. The topological polar surface area (TPSA) is 65.4 Å². The van der Waals surface area contributed by atoms with Crippen LogP contribution in [0.3, 0.4) is 0 Å². The lowest BCUT2D eigenvalue weighted by molar-refractivity contribution is 0.416. The number of hydrogen-bond acceptors (Lipinski definition) is 4. The van der Waals surface area contributed by atoms with Crippen molar-refractivity contribution in [3.8, 4) is 16.9 Å². The summed E-state index contributed by atoms with van der Waals surface area (Å²) in [5.41, 5.74) is 8.29. The smallest absolute Gasteiger partial charge is 0.165 e. The van der Waals surface area contributed by atoms with Crippen LogP contribution in [0.1, 0.15) is 0 Å². The van der Waals surface area contributed by atoms with Gasteiger partial charge in [0.05, 0.1) is 18.9 Å². The minimum atomic E-state index is 0.471. The monoisotopic (exact) mass is 240 g/mol. The molecule has 2 aromatic heterocycles. The molecule has 0 radical (unpaired) electrons. The fourth-order valence-corrected chi connectivity index (χ4v) is 1.94. The zero-order valence-corrected chi connectivity index (χ0v) is 9.87. The molecular weight excluding hydrogens is 228 g/mol. The summed E-state index contributed by atoms with van der Waals surface area (Å²) in [5, 5.41) is 4.25. The van der Waals surface area contributed by atoms with Crippen LogP contribution in [0.5, 0.6) is 5.75 Å². The molecule has 0 aliphatic carbocycles. The number of para-hydroxylation sites is 1. The molecule has 3 aromatic rings. The maximum Gasteiger partial charge on any atom is 0.165 e. The molecule has 0 aliphatic heterocycles. The Labute approximate surface area is 104 Å². The summed E-state index contributed by atoms with van der Waals surface area (Å²) in [7, 11) is 1.65. The average Bonchev–Trinajstić information content (AvgIpc) is 2.81. The Balaban J connectivity index is 2.28. The second-order valence-corrected chi connectivity index (χ2v) is 3.88. The van der Waals surface area contributed by atoms with Crippen molar-refractivity contribution in [3.05, 3.63) is 42.7 Å². The van der Waals surface area contributed by atoms with Crippen LogP contribution < -0.4 is 10.5 Å². The second kappa shape index (κ2) is 4.03. The molecule has 0 saturated carbocycles. The first kappa shape index (κ1) is 10.6. The molecule has 2 heterocycles. The number of nitrogens with zero attached hydrogens (tertiary/aromatic N) is 3. The first-order chi connectivity index (χ1) is 8.79. The molecule has 0 fully saturated rings. The van der Waals surface area contributed by atoms with Crippen LogP contribution in [0.2, 0.25) is 0 Å². The Hall–Kier alpha value is -2.56. The van der Waals surface area contributed by atoms with Gasteiger partial charge in [-0.1, -0.05) is 18.2 Å². The number of benzene rings is 1. The lowest BCUT2D eigenvalue weighted by Crippen LogP contribution is -1.95. The van der Waals surface area contributed by atoms with Crippen LogP contribution in [0.25, 0.3) is 16.8 Å². The van der Waals surface area contributed by atoms with E-state index in [-0.39, 0.29) is 0 Å². The third-order valence-electron chi connectivity index (χ3n) is 2.79. The van der Waals surface area contributed by atoms with Gasteiger partial charge < -0.3 is 10.5 Å². The van der Waals surface area contributed by atoms with Gasteiger partial charge in [0, 0.05) is 11.8 Å². The van der Waals surface area contributed by atoms with Crippen LogP contribution in [0, 0.1) is 0 Å². The van der Waals surface area contributed by atoms with Gasteiger partial charge in [0.1, 0.15) is 11.6 Å². The van der Waals surface area contributed by atoms with E-state index in [1.165, 1.54) is 0 Å². The minimum absolute atomic E-state index is 0.471. The molecule has 0 atom stereocenters. The van der Waals surface area contributed by atoms with E-state index >= 15 is 0 Å². The van der Waals surface area contributed by atoms with Gasteiger partial charge in [0.2, 0.25) is 0 Å². The van der Waals surface area contributed by atoms with Crippen molar-refractivity contribution < 1.29 is 4.74 Å². The van der Waals surface area contributed by atoms with E-state index in [1.54, 1.807) is 30.1 Å². The maximum atomic E-state index is 5.72. The molecule has 18 heavy (non-hydrogen) atoms. The number of fused-ring (bicyclic) bond motifs is 1. The maximum absolute atomic E-state index is 5.72. The van der Waals surface area contributed by atoms with Gasteiger partial charge >= 0.3 is 0 Å². The highest BCUT2D eigenvalue weighted by Crippen LogP contribution is 2.31. The minimum Gasteiger partial charge on any atom is -0.496 e. The fourth-order valence-electron chi connectivity index (χ4n) is 1.94. The number of nitrogens with two attached hydrogens (primary N) is 1. The summed E-state index contributed by atoms with van der Waals surface area (Å²) >= 11 is 0. The summed E-state index contributed by atoms with van der Waals surface area (Å²) in [6.45, 7) is 0. The van der Waals surface area contributed by atoms with Gasteiger partial charge in [-0.05, 0) is 12.1 Å². The Morgan fingerprint density at radius 2 is 2.00 bits per heavy atom. The first-order valence-electron chi connectivity index (χ1n) is 5.53. The van der Waals surface area contributed by atoms with Gasteiger partial charge in [0.25, 0.3) is 0 Å². The predicted octanol–water partition coefficient (Wildman–Crippen LogP) is 1.99. The molecule has 0 spiro atoms. The largest absolute Gasteiger partial charge is 0.496 e. The van der Waals surface area contributed by atoms with E-state index in [0.717, 1.165) is 22.5 Å². The molecule has 2 N–H and O–H groups in total. The molecule has 5 nitrogen and oxygen atoms in total. The lowest BCUT2D eigenvalue weighted by Gasteiger charge is -2.06. The van der Waals surface area contributed by atoms with Crippen molar-refractivity contribution in [2.24, 2.45) is 0 Å². The second-order valence-electron chi connectivity index (χ2n) is 3.88. The van der Waals surface area contributed by atoms with Crippen molar-refractivity contribution in [2.75, 3.05) is 12.8 Å². The highest BCUT2D eigenvalue weighted by molar-refractivity contribution is 5.81. The molecule has 0 amide bonds. The molecule has 0 unspecified atom stereocenters. The van der Waals surface area contributed by atoms with Crippen LogP contribution in [-0.4, -0.2) is 21.7 Å². The highest BCUT2D eigenvalue weighted by atomic mass is 16.5. The normalized spacial score (nSPS) is 10.7. The van der Waals surface area contributed by atoms with E-state index in [2.05, 4.69) is 10.1 Å². The SMILES string of the molecule is COc1ccccc1-c1cnn2ccc(N)nc12. The number of methoxy groups -OCH3 is 1. The molecule has 0 aliphatic rings. The standard InChI is InChI=1S/C13H12N4O/c1-18-11-5-3-2-4-9(11)10-8-15-17-7-6-12(14)16-13(10)17/h2-8H,1H3,(H2,14,16). The Bertz CT molecular complexity index is 705. The number of rotatable bonds is 2. The third kappa shape index (κ3) is 1.57. The molecule has 0 bridgehead atoms. The quantitative estimate of drug-likeness (QED) is 0.744. The molecular formula is C13H12N4O. The molecule has 3 rings (SSSR count). The van der Waals surface area contributed by atoms with Gasteiger partial charge in [0.15, 0.2) is 5.65 Å². The van der Waals surface area contributed by atoms with Crippen molar-refractivity contribution in [2.45, 2.75) is 0 Å².